The Kier molecular flexibility index (Phi) is 5.02. The topological polar surface area (TPSA) is 17.1 Å². The Morgan fingerprint density at radius 1 is 1.05 bits per heavy atom. The monoisotopic (exact) mass is 332 g/mol. The van der Waals surface area contributed by atoms with Crippen molar-refractivity contribution in [1.29, 1.82) is 0 Å². The van der Waals surface area contributed by atoms with Crippen LogP contribution in [0.3, 0.4) is 0 Å². The third-order valence-electron chi connectivity index (χ3n) is 2.50. The number of carbonyl (C=O) groups is 1. The van der Waals surface area contributed by atoms with Crippen LogP contribution in [0.2, 0.25) is 10.0 Å². The van der Waals surface area contributed by atoms with Gasteiger partial charge in [-0.15, -0.1) is 11.8 Å². The molecular formula is C14H8Cl2F2OS. The van der Waals surface area contributed by atoms with Gasteiger partial charge in [-0.05, 0) is 30.3 Å². The van der Waals surface area contributed by atoms with E-state index in [-0.39, 0.29) is 5.75 Å². The summed E-state index contributed by atoms with van der Waals surface area (Å²) >= 11 is 12.8. The summed E-state index contributed by atoms with van der Waals surface area (Å²) in [5, 5.41) is 0.767. The minimum absolute atomic E-state index is 0.0875. The van der Waals surface area contributed by atoms with Crippen molar-refractivity contribution in [1.82, 2.24) is 0 Å². The summed E-state index contributed by atoms with van der Waals surface area (Å²) in [5.74, 6) is -2.42. The highest BCUT2D eigenvalue weighted by molar-refractivity contribution is 8.00. The van der Waals surface area contributed by atoms with Gasteiger partial charge in [0.2, 0.25) is 0 Å². The first-order chi connectivity index (χ1) is 9.49. The van der Waals surface area contributed by atoms with Crippen molar-refractivity contribution >= 4 is 40.7 Å². The van der Waals surface area contributed by atoms with E-state index in [2.05, 4.69) is 0 Å². The number of benzene rings is 2. The molecule has 0 aliphatic carbocycles. The minimum atomic E-state index is -0.857. The van der Waals surface area contributed by atoms with E-state index in [4.69, 9.17) is 23.2 Å². The molecule has 1 nitrogen and oxygen atoms in total. The Balaban J connectivity index is 2.11. The average molecular weight is 333 g/mol. The zero-order chi connectivity index (χ0) is 14.7. The summed E-state index contributed by atoms with van der Waals surface area (Å²) in [5.41, 5.74) is -0.514. The Hall–Kier alpha value is -1.10. The molecule has 20 heavy (non-hydrogen) atoms. The summed E-state index contributed by atoms with van der Waals surface area (Å²) < 4.78 is 26.9. The van der Waals surface area contributed by atoms with Crippen molar-refractivity contribution in [3.8, 4) is 0 Å². The van der Waals surface area contributed by atoms with Crippen LogP contribution in [-0.2, 0) is 0 Å². The molecule has 0 atom stereocenters. The molecule has 0 saturated heterocycles. The van der Waals surface area contributed by atoms with Crippen molar-refractivity contribution in [2.75, 3.05) is 5.75 Å². The van der Waals surface area contributed by atoms with E-state index >= 15 is 0 Å². The van der Waals surface area contributed by atoms with E-state index in [1.54, 1.807) is 18.2 Å². The molecule has 0 radical (unpaired) electrons. The molecule has 0 aromatic heterocycles. The van der Waals surface area contributed by atoms with Gasteiger partial charge in [0.1, 0.15) is 11.6 Å². The summed E-state index contributed by atoms with van der Waals surface area (Å²) in [6.45, 7) is 0. The fourth-order valence-electron chi connectivity index (χ4n) is 1.55. The quantitative estimate of drug-likeness (QED) is 0.562. The third-order valence-corrected chi connectivity index (χ3v) is 4.24. The standard InChI is InChI=1S/C14H8Cl2F2OS/c15-9-5-4-8(6-10(9)16)20-7-13(19)14-11(17)2-1-3-12(14)18/h1-6H,7H2. The Bertz CT molecular complexity index is 641. The molecule has 0 aliphatic rings. The van der Waals surface area contributed by atoms with Crippen LogP contribution in [0.25, 0.3) is 0 Å². The van der Waals surface area contributed by atoms with Gasteiger partial charge in [0.05, 0.1) is 21.4 Å². The fraction of sp³-hybridized carbons (Fsp3) is 0.0714. The molecule has 0 unspecified atom stereocenters. The molecule has 0 aliphatic heterocycles. The van der Waals surface area contributed by atoms with Crippen LogP contribution in [0, 0.1) is 11.6 Å². The van der Waals surface area contributed by atoms with Crippen LogP contribution in [-0.4, -0.2) is 11.5 Å². The van der Waals surface area contributed by atoms with E-state index in [1.807, 2.05) is 0 Å². The largest absolute Gasteiger partial charge is 0.293 e. The summed E-state index contributed by atoms with van der Waals surface area (Å²) in [4.78, 5) is 12.6. The SMILES string of the molecule is O=C(CSc1ccc(Cl)c(Cl)c1)c1c(F)cccc1F. The summed E-state index contributed by atoms with van der Waals surface area (Å²) in [7, 11) is 0. The van der Waals surface area contributed by atoms with Crippen LogP contribution in [0.5, 0.6) is 0 Å². The van der Waals surface area contributed by atoms with E-state index in [0.29, 0.717) is 14.9 Å². The number of Topliss-reactive ketones (excluding diaryl/α,β-unsaturated/α-hetero) is 1. The first kappa shape index (κ1) is 15.3. The van der Waals surface area contributed by atoms with Crippen LogP contribution in [0.15, 0.2) is 41.3 Å². The lowest BCUT2D eigenvalue weighted by atomic mass is 10.1. The first-order valence-corrected chi connectivity index (χ1v) is 7.28. The van der Waals surface area contributed by atoms with Crippen molar-refractivity contribution in [2.24, 2.45) is 0 Å². The van der Waals surface area contributed by atoms with E-state index in [0.717, 1.165) is 23.9 Å². The Labute approximate surface area is 128 Å². The number of ketones is 1. The number of halogens is 4. The molecule has 0 spiro atoms. The molecule has 0 fully saturated rings. The smallest absolute Gasteiger partial charge is 0.178 e. The molecule has 0 heterocycles. The second kappa shape index (κ2) is 6.57. The summed E-state index contributed by atoms with van der Waals surface area (Å²) in [6.07, 6.45) is 0. The van der Waals surface area contributed by atoms with E-state index in [9.17, 15) is 13.6 Å². The maximum Gasteiger partial charge on any atom is 0.178 e. The zero-order valence-electron chi connectivity index (χ0n) is 10.00. The van der Waals surface area contributed by atoms with Crippen LogP contribution in [0.1, 0.15) is 10.4 Å². The molecular weight excluding hydrogens is 325 g/mol. The second-order valence-electron chi connectivity index (χ2n) is 3.88. The van der Waals surface area contributed by atoms with E-state index in [1.165, 1.54) is 6.07 Å². The molecule has 0 N–H and O–H groups in total. The van der Waals surface area contributed by atoms with Gasteiger partial charge in [-0.25, -0.2) is 8.78 Å². The predicted molar refractivity (Wildman–Crippen MR) is 77.9 cm³/mol. The second-order valence-corrected chi connectivity index (χ2v) is 5.75. The minimum Gasteiger partial charge on any atom is -0.293 e. The van der Waals surface area contributed by atoms with Gasteiger partial charge >= 0.3 is 0 Å². The average Bonchev–Trinajstić information content (AvgIpc) is 2.40. The highest BCUT2D eigenvalue weighted by Gasteiger charge is 2.17. The number of hydrogen-bond donors (Lipinski definition) is 0. The Morgan fingerprint density at radius 3 is 2.30 bits per heavy atom. The molecule has 2 aromatic rings. The number of thioether (sulfide) groups is 1. The molecule has 2 rings (SSSR count). The molecule has 2 aromatic carbocycles. The molecule has 0 amide bonds. The zero-order valence-corrected chi connectivity index (χ0v) is 12.3. The molecule has 0 saturated carbocycles. The Morgan fingerprint density at radius 2 is 1.70 bits per heavy atom. The van der Waals surface area contributed by atoms with Gasteiger partial charge < -0.3 is 0 Å². The van der Waals surface area contributed by atoms with Gasteiger partial charge in [0.15, 0.2) is 5.78 Å². The van der Waals surface area contributed by atoms with Gasteiger partial charge in [-0.1, -0.05) is 29.3 Å². The van der Waals surface area contributed by atoms with Crippen LogP contribution in [0.4, 0.5) is 8.78 Å². The summed E-state index contributed by atoms with van der Waals surface area (Å²) in [6, 6.07) is 8.21. The molecule has 0 bridgehead atoms. The van der Waals surface area contributed by atoms with Crippen LogP contribution >= 0.6 is 35.0 Å². The highest BCUT2D eigenvalue weighted by Crippen LogP contribution is 2.28. The number of carbonyl (C=O) groups excluding carboxylic acids is 1. The maximum atomic E-state index is 13.4. The first-order valence-electron chi connectivity index (χ1n) is 5.54. The predicted octanol–water partition coefficient (Wildman–Crippen LogP) is 5.25. The number of hydrogen-bond acceptors (Lipinski definition) is 2. The lowest BCUT2D eigenvalue weighted by Gasteiger charge is -2.05. The van der Waals surface area contributed by atoms with Gasteiger partial charge in [-0.3, -0.25) is 4.79 Å². The lowest BCUT2D eigenvalue weighted by molar-refractivity contribution is 0.101. The van der Waals surface area contributed by atoms with Crippen molar-refractivity contribution < 1.29 is 13.6 Å². The van der Waals surface area contributed by atoms with E-state index < -0.39 is 23.0 Å². The molecule has 104 valence electrons. The highest BCUT2D eigenvalue weighted by atomic mass is 35.5. The lowest BCUT2D eigenvalue weighted by Crippen LogP contribution is -2.08. The fourth-order valence-corrected chi connectivity index (χ4v) is 2.72. The van der Waals surface area contributed by atoms with Crippen LogP contribution < -0.4 is 0 Å². The molecule has 6 heteroatoms. The van der Waals surface area contributed by atoms with Gasteiger partial charge in [0.25, 0.3) is 0 Å². The van der Waals surface area contributed by atoms with Crippen molar-refractivity contribution in [2.45, 2.75) is 4.90 Å². The third kappa shape index (κ3) is 3.51. The maximum absolute atomic E-state index is 13.4. The number of rotatable bonds is 4. The van der Waals surface area contributed by atoms with Crippen molar-refractivity contribution in [3.05, 3.63) is 63.6 Å². The van der Waals surface area contributed by atoms with Crippen molar-refractivity contribution in [3.63, 3.8) is 0 Å². The normalized spacial score (nSPS) is 10.6. The van der Waals surface area contributed by atoms with Gasteiger partial charge in [0, 0.05) is 4.90 Å². The van der Waals surface area contributed by atoms with Gasteiger partial charge in [-0.2, -0.15) is 0 Å².